The molecular formula is C15H23FN2O2. The van der Waals surface area contributed by atoms with Crippen molar-refractivity contribution in [2.45, 2.75) is 38.9 Å². The van der Waals surface area contributed by atoms with Crippen LogP contribution in [-0.2, 0) is 4.74 Å². The number of methoxy groups -OCH3 is 1. The number of anilines is 2. The zero-order valence-electron chi connectivity index (χ0n) is 12.8. The summed E-state index contributed by atoms with van der Waals surface area (Å²) in [4.78, 5) is 1.99. The van der Waals surface area contributed by atoms with Crippen molar-refractivity contribution >= 4 is 11.4 Å². The minimum absolute atomic E-state index is 0.306. The first kappa shape index (κ1) is 14.9. The van der Waals surface area contributed by atoms with Crippen molar-refractivity contribution in [2.24, 2.45) is 0 Å². The molecular weight excluding hydrogens is 259 g/mol. The van der Waals surface area contributed by atoms with Crippen molar-refractivity contribution < 1.29 is 13.9 Å². The summed E-state index contributed by atoms with van der Waals surface area (Å²) in [6, 6.07) is 2.96. The average molecular weight is 282 g/mol. The van der Waals surface area contributed by atoms with Crippen LogP contribution in [0.15, 0.2) is 12.1 Å². The van der Waals surface area contributed by atoms with Crippen LogP contribution in [0.1, 0.15) is 27.7 Å². The molecule has 0 aromatic heterocycles. The fourth-order valence-corrected chi connectivity index (χ4v) is 2.94. The lowest BCUT2D eigenvalue weighted by Crippen LogP contribution is -2.57. The summed E-state index contributed by atoms with van der Waals surface area (Å²) in [5.74, 6) is 0.153. The molecule has 0 spiro atoms. The lowest BCUT2D eigenvalue weighted by atomic mass is 9.98. The smallest absolute Gasteiger partial charge is 0.148 e. The van der Waals surface area contributed by atoms with Crippen LogP contribution >= 0.6 is 0 Å². The number of rotatable bonds is 2. The third kappa shape index (κ3) is 2.98. The quantitative estimate of drug-likeness (QED) is 0.847. The summed E-state index contributed by atoms with van der Waals surface area (Å²) in [5, 5.41) is 0. The van der Waals surface area contributed by atoms with Crippen LogP contribution in [0.5, 0.6) is 5.75 Å². The number of halogens is 1. The molecule has 0 radical (unpaired) electrons. The zero-order valence-corrected chi connectivity index (χ0v) is 12.8. The Morgan fingerprint density at radius 3 is 2.25 bits per heavy atom. The molecule has 1 aromatic carbocycles. The first-order valence-corrected chi connectivity index (χ1v) is 6.72. The maximum absolute atomic E-state index is 14.2. The van der Waals surface area contributed by atoms with E-state index in [1.54, 1.807) is 6.07 Å². The average Bonchev–Trinajstić information content (AvgIpc) is 2.24. The van der Waals surface area contributed by atoms with Crippen molar-refractivity contribution in [3.05, 3.63) is 17.9 Å². The topological polar surface area (TPSA) is 47.7 Å². The molecule has 1 heterocycles. The van der Waals surface area contributed by atoms with Crippen LogP contribution in [0.4, 0.5) is 15.8 Å². The molecule has 1 saturated heterocycles. The van der Waals surface area contributed by atoms with Crippen LogP contribution in [0.3, 0.4) is 0 Å². The summed E-state index contributed by atoms with van der Waals surface area (Å²) in [5.41, 5.74) is 5.85. The number of hydrogen-bond acceptors (Lipinski definition) is 4. The number of nitrogens with zero attached hydrogens (tertiary/aromatic N) is 1. The molecule has 0 atom stereocenters. The van der Waals surface area contributed by atoms with E-state index < -0.39 is 0 Å². The highest BCUT2D eigenvalue weighted by Crippen LogP contribution is 2.36. The van der Waals surface area contributed by atoms with E-state index in [9.17, 15) is 4.39 Å². The molecule has 4 nitrogen and oxygen atoms in total. The van der Waals surface area contributed by atoms with E-state index in [1.165, 1.54) is 13.2 Å². The molecule has 0 aliphatic carbocycles. The Bertz CT molecular complexity index is 499. The molecule has 112 valence electrons. The van der Waals surface area contributed by atoms with Gasteiger partial charge in [0.05, 0.1) is 29.7 Å². The predicted molar refractivity (Wildman–Crippen MR) is 78.8 cm³/mol. The Morgan fingerprint density at radius 2 is 1.75 bits per heavy atom. The maximum atomic E-state index is 14.2. The highest BCUT2D eigenvalue weighted by atomic mass is 19.1. The van der Waals surface area contributed by atoms with E-state index in [4.69, 9.17) is 15.2 Å². The number of morpholine rings is 1. The third-order valence-corrected chi connectivity index (χ3v) is 3.34. The molecule has 1 fully saturated rings. The van der Waals surface area contributed by atoms with Gasteiger partial charge >= 0.3 is 0 Å². The van der Waals surface area contributed by atoms with E-state index >= 15 is 0 Å². The fourth-order valence-electron chi connectivity index (χ4n) is 2.94. The number of benzene rings is 1. The van der Waals surface area contributed by atoms with Crippen molar-refractivity contribution in [3.63, 3.8) is 0 Å². The van der Waals surface area contributed by atoms with Crippen molar-refractivity contribution in [1.82, 2.24) is 0 Å². The van der Waals surface area contributed by atoms with E-state index in [-0.39, 0.29) is 17.0 Å². The second-order valence-corrected chi connectivity index (χ2v) is 6.52. The molecule has 1 aromatic rings. The third-order valence-electron chi connectivity index (χ3n) is 3.34. The Hall–Kier alpha value is -1.49. The monoisotopic (exact) mass is 282 g/mol. The Morgan fingerprint density at radius 1 is 1.20 bits per heavy atom. The number of hydrogen-bond donors (Lipinski definition) is 1. The Labute approximate surface area is 119 Å². The molecule has 1 aliphatic heterocycles. The second kappa shape index (κ2) is 4.81. The van der Waals surface area contributed by atoms with Gasteiger partial charge in [0.1, 0.15) is 11.6 Å². The minimum atomic E-state index is -0.344. The summed E-state index contributed by atoms with van der Waals surface area (Å²) in [7, 11) is 1.53. The van der Waals surface area contributed by atoms with Gasteiger partial charge < -0.3 is 20.1 Å². The van der Waals surface area contributed by atoms with Gasteiger partial charge in [0, 0.05) is 25.2 Å². The number of nitrogens with two attached hydrogens (primary N) is 1. The zero-order chi connectivity index (χ0) is 15.1. The highest BCUT2D eigenvalue weighted by Gasteiger charge is 2.39. The van der Waals surface area contributed by atoms with Crippen molar-refractivity contribution in [3.8, 4) is 5.75 Å². The van der Waals surface area contributed by atoms with Gasteiger partial charge in [-0.05, 0) is 27.7 Å². The van der Waals surface area contributed by atoms with Gasteiger partial charge in [-0.3, -0.25) is 0 Å². The lowest BCUT2D eigenvalue weighted by molar-refractivity contribution is -0.133. The van der Waals surface area contributed by atoms with Gasteiger partial charge in [0.15, 0.2) is 0 Å². The van der Waals surface area contributed by atoms with E-state index in [2.05, 4.69) is 0 Å². The van der Waals surface area contributed by atoms with E-state index in [0.717, 1.165) is 0 Å². The van der Waals surface area contributed by atoms with E-state index in [1.807, 2.05) is 32.6 Å². The van der Waals surface area contributed by atoms with Gasteiger partial charge in [-0.1, -0.05) is 0 Å². The molecule has 1 aliphatic rings. The fraction of sp³-hybridized carbons (Fsp3) is 0.600. The highest BCUT2D eigenvalue weighted by molar-refractivity contribution is 5.63. The Balaban J connectivity index is 2.40. The van der Waals surface area contributed by atoms with Crippen LogP contribution in [-0.4, -0.2) is 31.4 Å². The number of ether oxygens (including phenoxy) is 2. The first-order valence-electron chi connectivity index (χ1n) is 6.72. The van der Waals surface area contributed by atoms with Gasteiger partial charge in [-0.2, -0.15) is 0 Å². The molecule has 0 saturated carbocycles. The normalized spacial score (nSPS) is 20.8. The maximum Gasteiger partial charge on any atom is 0.148 e. The molecule has 0 bridgehead atoms. The molecule has 2 N–H and O–H groups in total. The summed E-state index contributed by atoms with van der Waals surface area (Å²) in [6.07, 6.45) is 0. The first-order chi connectivity index (χ1) is 9.13. The Kier molecular flexibility index (Phi) is 3.58. The van der Waals surface area contributed by atoms with E-state index in [0.29, 0.717) is 30.2 Å². The van der Waals surface area contributed by atoms with Gasteiger partial charge in [0.2, 0.25) is 0 Å². The van der Waals surface area contributed by atoms with Crippen molar-refractivity contribution in [1.29, 1.82) is 0 Å². The van der Waals surface area contributed by atoms with Gasteiger partial charge in [-0.15, -0.1) is 0 Å². The molecule has 20 heavy (non-hydrogen) atoms. The van der Waals surface area contributed by atoms with Crippen LogP contribution in [0.25, 0.3) is 0 Å². The van der Waals surface area contributed by atoms with Crippen LogP contribution in [0.2, 0.25) is 0 Å². The molecule has 2 rings (SSSR count). The summed E-state index contributed by atoms with van der Waals surface area (Å²) in [6.45, 7) is 9.25. The van der Waals surface area contributed by atoms with Gasteiger partial charge in [0.25, 0.3) is 0 Å². The standard InChI is InChI=1S/C15H23FN2O2/c1-14(2)8-18(9-15(3,4)20-14)12-7-13(19-5)11(17)6-10(12)16/h6-7H,8-9,17H2,1-5H3. The SMILES string of the molecule is COc1cc(N2CC(C)(C)OC(C)(C)C2)c(F)cc1N. The summed E-state index contributed by atoms with van der Waals surface area (Å²) >= 11 is 0. The largest absolute Gasteiger partial charge is 0.495 e. The predicted octanol–water partition coefficient (Wildman–Crippen LogP) is 2.81. The van der Waals surface area contributed by atoms with Crippen LogP contribution in [0, 0.1) is 5.82 Å². The molecule has 0 unspecified atom stereocenters. The lowest BCUT2D eigenvalue weighted by Gasteiger charge is -2.48. The van der Waals surface area contributed by atoms with Crippen molar-refractivity contribution in [2.75, 3.05) is 30.8 Å². The molecule has 5 heteroatoms. The minimum Gasteiger partial charge on any atom is -0.495 e. The van der Waals surface area contributed by atoms with Crippen LogP contribution < -0.4 is 15.4 Å². The van der Waals surface area contributed by atoms with Gasteiger partial charge in [-0.25, -0.2) is 4.39 Å². The number of nitrogen functional groups attached to an aromatic ring is 1. The molecule has 0 amide bonds. The second-order valence-electron chi connectivity index (χ2n) is 6.52. The summed E-state index contributed by atoms with van der Waals surface area (Å²) < 4.78 is 25.4.